The maximum atomic E-state index is 13.7. The van der Waals surface area contributed by atoms with Gasteiger partial charge in [-0.2, -0.15) is 0 Å². The Morgan fingerprint density at radius 3 is 2.68 bits per heavy atom. The lowest BCUT2D eigenvalue weighted by molar-refractivity contribution is 0.0461. The minimum Gasteiger partial charge on any atom is -0.445 e. The summed E-state index contributed by atoms with van der Waals surface area (Å²) in [5.41, 5.74) is 2.79. The number of halogens is 1. The van der Waals surface area contributed by atoms with Gasteiger partial charge in [-0.05, 0) is 29.8 Å². The average molecular weight is 342 g/mol. The van der Waals surface area contributed by atoms with Crippen LogP contribution in [0.1, 0.15) is 23.3 Å². The Hall–Kier alpha value is -2.67. The summed E-state index contributed by atoms with van der Waals surface area (Å²) < 4.78 is 18.5. The van der Waals surface area contributed by atoms with Gasteiger partial charge in [0, 0.05) is 31.5 Å². The van der Waals surface area contributed by atoms with E-state index in [0.717, 1.165) is 36.6 Å². The molecule has 2 fully saturated rings. The number of cyclic esters (lactones) is 1. The van der Waals surface area contributed by atoms with E-state index in [9.17, 15) is 9.28 Å². The Kier molecular flexibility index (Phi) is 4.23. The minimum atomic E-state index is -0.925. The van der Waals surface area contributed by atoms with Crippen LogP contribution in [0.2, 0.25) is 0 Å². The lowest BCUT2D eigenvalue weighted by Gasteiger charge is -2.37. The number of carbonyl (C=O) groups excluding carboxylic acids is 1. The molecule has 2 unspecified atom stereocenters. The molecule has 4 rings (SSSR count). The Balaban J connectivity index is 1.57. The molecule has 1 amide bonds. The topological polar surface area (TPSA) is 57.7 Å². The monoisotopic (exact) mass is 342 g/mol. The highest BCUT2D eigenvalue weighted by atomic mass is 19.2. The van der Waals surface area contributed by atoms with Crippen molar-refractivity contribution < 1.29 is 14.0 Å². The fourth-order valence-electron chi connectivity index (χ4n) is 3.37. The van der Waals surface area contributed by atoms with Gasteiger partial charge in [0.05, 0.1) is 11.7 Å². The quantitative estimate of drug-likeness (QED) is 0.869. The van der Waals surface area contributed by atoms with Gasteiger partial charge in [-0.1, -0.05) is 22.7 Å². The predicted octanol–water partition coefficient (Wildman–Crippen LogP) is 2.61. The molecule has 6 nitrogen and oxygen atoms in total. The Labute approximate surface area is 145 Å². The van der Waals surface area contributed by atoms with Crippen molar-refractivity contribution in [1.82, 2.24) is 15.4 Å². The molecule has 2 saturated heterocycles. The number of pyridine rings is 1. The van der Waals surface area contributed by atoms with Crippen LogP contribution in [-0.4, -0.2) is 42.4 Å². The summed E-state index contributed by atoms with van der Waals surface area (Å²) >= 11 is 0. The number of hydrogen-bond acceptors (Lipinski definition) is 5. The van der Waals surface area contributed by atoms with E-state index >= 15 is 0 Å². The zero-order valence-corrected chi connectivity index (χ0v) is 13.6. The molecule has 0 spiro atoms. The number of hydrogen-bond donors (Lipinski definition) is 1. The summed E-state index contributed by atoms with van der Waals surface area (Å²) in [5.74, 6) is 0. The molecule has 1 N–H and O–H groups in total. The number of piperazine rings is 1. The molecule has 1 aromatic carbocycles. The fraction of sp³-hybridized carbons (Fsp3) is 0.333. The smallest absolute Gasteiger partial charge is 0.438 e. The summed E-state index contributed by atoms with van der Waals surface area (Å²) in [5, 5.41) is 3.56. The van der Waals surface area contributed by atoms with Crippen molar-refractivity contribution in [2.24, 2.45) is 0 Å². The molecule has 2 atom stereocenters. The molecule has 0 bridgehead atoms. The van der Waals surface area contributed by atoms with Gasteiger partial charge in [0.15, 0.2) is 0 Å². The van der Waals surface area contributed by atoms with E-state index in [1.54, 1.807) is 6.20 Å². The zero-order valence-electron chi connectivity index (χ0n) is 13.6. The van der Waals surface area contributed by atoms with Crippen molar-refractivity contribution in [3.8, 4) is 0 Å². The van der Waals surface area contributed by atoms with E-state index in [1.165, 1.54) is 0 Å². The second-order valence-electron chi connectivity index (χ2n) is 6.16. The minimum absolute atomic E-state index is 0.0406. The summed E-state index contributed by atoms with van der Waals surface area (Å²) in [6.45, 7) is 2.62. The molecule has 1 aromatic heterocycles. The van der Waals surface area contributed by atoms with Crippen LogP contribution in [0.25, 0.3) is 0 Å². The Morgan fingerprint density at radius 1 is 1.16 bits per heavy atom. The summed E-state index contributed by atoms with van der Waals surface area (Å²) in [4.78, 5) is 18.0. The van der Waals surface area contributed by atoms with Gasteiger partial charge in [0.2, 0.25) is 0 Å². The first-order valence-electron chi connectivity index (χ1n) is 8.34. The third-order valence-corrected chi connectivity index (χ3v) is 4.69. The van der Waals surface area contributed by atoms with Gasteiger partial charge >= 0.3 is 6.09 Å². The second-order valence-corrected chi connectivity index (χ2v) is 6.16. The van der Waals surface area contributed by atoms with Crippen molar-refractivity contribution in [2.75, 3.05) is 31.1 Å². The van der Waals surface area contributed by atoms with Crippen molar-refractivity contribution in [1.29, 1.82) is 0 Å². The van der Waals surface area contributed by atoms with Crippen molar-refractivity contribution in [2.45, 2.75) is 12.1 Å². The number of ether oxygens (including phenoxy) is 1. The third kappa shape index (κ3) is 3.02. The Morgan fingerprint density at radius 2 is 2.00 bits per heavy atom. The van der Waals surface area contributed by atoms with Crippen molar-refractivity contribution in [3.05, 3.63) is 59.9 Å². The number of benzene rings is 1. The van der Waals surface area contributed by atoms with Crippen LogP contribution in [0.5, 0.6) is 0 Å². The van der Waals surface area contributed by atoms with Gasteiger partial charge in [-0.15, -0.1) is 5.12 Å². The van der Waals surface area contributed by atoms with Crippen molar-refractivity contribution >= 4 is 11.8 Å². The van der Waals surface area contributed by atoms with Gasteiger partial charge in [0.1, 0.15) is 12.6 Å². The number of nitrogens with zero attached hydrogens (tertiary/aromatic N) is 3. The first-order valence-corrected chi connectivity index (χ1v) is 8.34. The van der Waals surface area contributed by atoms with Gasteiger partial charge in [0.25, 0.3) is 0 Å². The van der Waals surface area contributed by atoms with Gasteiger partial charge in [-0.3, -0.25) is 4.98 Å². The second kappa shape index (κ2) is 6.68. The van der Waals surface area contributed by atoms with Crippen LogP contribution in [0, 0.1) is 0 Å². The SMILES string of the molecule is O=C1OCC(c2ccc(N3CCNCC3c3ccccn3)cc2)N1F. The lowest BCUT2D eigenvalue weighted by atomic mass is 10.0. The molecule has 130 valence electrons. The zero-order chi connectivity index (χ0) is 17.2. The van der Waals surface area contributed by atoms with Gasteiger partial charge < -0.3 is 15.0 Å². The number of amides is 1. The largest absolute Gasteiger partial charge is 0.445 e. The average Bonchev–Trinajstić information content (AvgIpc) is 3.01. The third-order valence-electron chi connectivity index (χ3n) is 4.69. The van der Waals surface area contributed by atoms with E-state index in [0.29, 0.717) is 0 Å². The number of rotatable bonds is 3. The number of carbonyl (C=O) groups is 1. The number of anilines is 1. The maximum Gasteiger partial charge on any atom is 0.438 e. The van der Waals surface area contributed by atoms with Crippen LogP contribution in [-0.2, 0) is 4.74 Å². The summed E-state index contributed by atoms with van der Waals surface area (Å²) in [7, 11) is 0. The lowest BCUT2D eigenvalue weighted by Crippen LogP contribution is -2.46. The van der Waals surface area contributed by atoms with Crippen molar-refractivity contribution in [3.63, 3.8) is 0 Å². The molecule has 2 aliphatic rings. The molecule has 0 aliphatic carbocycles. The molecule has 3 heterocycles. The predicted molar refractivity (Wildman–Crippen MR) is 90.7 cm³/mol. The van der Waals surface area contributed by atoms with E-state index in [1.807, 2.05) is 42.5 Å². The van der Waals surface area contributed by atoms with Crippen LogP contribution in [0.3, 0.4) is 0 Å². The highest BCUT2D eigenvalue weighted by Crippen LogP contribution is 2.32. The van der Waals surface area contributed by atoms with E-state index in [4.69, 9.17) is 4.74 Å². The van der Waals surface area contributed by atoms with Gasteiger partial charge in [-0.25, -0.2) is 4.79 Å². The summed E-state index contributed by atoms with van der Waals surface area (Å²) in [6, 6.07) is 13.0. The molecule has 0 saturated carbocycles. The van der Waals surface area contributed by atoms with Crippen LogP contribution >= 0.6 is 0 Å². The van der Waals surface area contributed by atoms with E-state index in [2.05, 4.69) is 15.2 Å². The number of nitrogens with one attached hydrogen (secondary N) is 1. The highest BCUT2D eigenvalue weighted by Gasteiger charge is 2.35. The molecule has 2 aliphatic heterocycles. The highest BCUT2D eigenvalue weighted by molar-refractivity contribution is 5.69. The molecule has 0 radical (unpaired) electrons. The number of aromatic nitrogens is 1. The standard InChI is InChI=1S/C18H19FN4O2/c19-23-17(12-25-18(23)24)13-4-6-14(7-5-13)22-10-9-20-11-16(22)15-3-1-2-8-21-15/h1-8,16-17,20H,9-12H2. The van der Waals surface area contributed by atoms with Crippen LogP contribution in [0.15, 0.2) is 48.7 Å². The molecule has 2 aromatic rings. The molecular weight excluding hydrogens is 323 g/mol. The normalized spacial score (nSPS) is 23.6. The first-order chi connectivity index (χ1) is 12.2. The summed E-state index contributed by atoms with van der Waals surface area (Å²) in [6.07, 6.45) is 0.879. The fourth-order valence-corrected chi connectivity index (χ4v) is 3.37. The van der Waals surface area contributed by atoms with Crippen LogP contribution < -0.4 is 10.2 Å². The van der Waals surface area contributed by atoms with E-state index < -0.39 is 12.1 Å². The molecule has 7 heteroatoms. The molecule has 25 heavy (non-hydrogen) atoms. The maximum absolute atomic E-state index is 13.7. The van der Waals surface area contributed by atoms with E-state index in [-0.39, 0.29) is 17.8 Å². The first kappa shape index (κ1) is 15.8. The van der Waals surface area contributed by atoms with Crippen LogP contribution in [0.4, 0.5) is 15.0 Å². The Bertz CT molecular complexity index is 741. The molecular formula is C18H19FN4O2.